The highest BCUT2D eigenvalue weighted by Crippen LogP contribution is 2.37. The number of benzene rings is 6. The van der Waals surface area contributed by atoms with E-state index in [4.69, 9.17) is 0 Å². The number of likely N-dealkylation sites (N-methyl/N-ethyl adjacent to an activating group) is 1. The van der Waals surface area contributed by atoms with Crippen molar-refractivity contribution in [1.29, 1.82) is 0 Å². The molecule has 1 fully saturated rings. The van der Waals surface area contributed by atoms with Gasteiger partial charge in [-0.3, -0.25) is 24.0 Å². The molecule has 11 heteroatoms. The molecule has 5 aliphatic carbocycles. The summed E-state index contributed by atoms with van der Waals surface area (Å²) in [5.74, 6) is 0.328. The lowest BCUT2D eigenvalue weighted by Gasteiger charge is -2.27. The summed E-state index contributed by atoms with van der Waals surface area (Å²) in [4.78, 5) is 64.9. The Morgan fingerprint density at radius 2 is 0.752 bits per heavy atom. The molecular weight excluding hydrogens is 1250 g/mol. The van der Waals surface area contributed by atoms with E-state index in [-0.39, 0.29) is 69.3 Å². The molecule has 6 aromatic carbocycles. The lowest BCUT2D eigenvalue weighted by atomic mass is 9.85. The first-order valence-corrected chi connectivity index (χ1v) is 36.4. The minimum Gasteiger partial charge on any atom is -0.394 e. The van der Waals surface area contributed by atoms with Gasteiger partial charge >= 0.3 is 0 Å². The SMILES string of the molecule is CC(C)(C)c1ccc2c(c1)C=C(C(=O)N1CCCC1)C2.CC(C)(C)c1ccc2c(c1)C=C(C(=O)Nc1ccccc1)C2.CC(C)NC(=O)C1=Cc2cc(C(C)(C)C)ccc2C1.CCC(C)(CO)NC(=O)C1=Cc2cc(C(C)(C)C)ccc2C1.CN(C)C(=O)C1=Cc2cc(C(C)(C)C)ccc2C1. The van der Waals surface area contributed by atoms with E-state index in [0.717, 1.165) is 84.3 Å². The Hall–Kier alpha value is -8.67. The maximum atomic E-state index is 12.5. The van der Waals surface area contributed by atoms with Crippen LogP contribution >= 0.6 is 0 Å². The lowest BCUT2D eigenvalue weighted by molar-refractivity contribution is -0.126. The zero-order chi connectivity index (χ0) is 74.3. The number of hydrogen-bond acceptors (Lipinski definition) is 6. The molecule has 0 radical (unpaired) electrons. The van der Waals surface area contributed by atoms with E-state index in [1.807, 2.05) is 87.2 Å². The number of amides is 5. The highest BCUT2D eigenvalue weighted by atomic mass is 16.3. The van der Waals surface area contributed by atoms with Crippen LogP contribution in [0, 0.1) is 0 Å². The number of likely N-dealkylation sites (tertiary alicyclic amines) is 1. The van der Waals surface area contributed by atoms with E-state index in [1.165, 1.54) is 77.9 Å². The van der Waals surface area contributed by atoms with Gasteiger partial charge in [0.25, 0.3) is 5.91 Å². The highest BCUT2D eigenvalue weighted by Gasteiger charge is 2.31. The van der Waals surface area contributed by atoms with E-state index in [2.05, 4.69) is 217 Å². The normalized spacial score (nSPS) is 15.4. The number of anilines is 1. The van der Waals surface area contributed by atoms with E-state index in [0.29, 0.717) is 19.3 Å². The van der Waals surface area contributed by atoms with Gasteiger partial charge in [0.15, 0.2) is 0 Å². The maximum absolute atomic E-state index is 12.5. The van der Waals surface area contributed by atoms with Gasteiger partial charge in [0, 0.05) is 98.9 Å². The number of fused-ring (bicyclic) bond motifs is 5. The number of para-hydroxylation sites is 1. The summed E-state index contributed by atoms with van der Waals surface area (Å²) in [6.45, 7) is 42.7. The van der Waals surface area contributed by atoms with Gasteiger partial charge < -0.3 is 30.9 Å². The Bertz CT molecular complexity index is 4220. The van der Waals surface area contributed by atoms with Gasteiger partial charge in [-0.05, 0) is 193 Å². The van der Waals surface area contributed by atoms with Crippen molar-refractivity contribution in [3.63, 3.8) is 0 Å². The van der Waals surface area contributed by atoms with Crippen LogP contribution in [-0.2, 0) is 83.2 Å². The van der Waals surface area contributed by atoms with E-state index in [1.54, 1.807) is 19.0 Å². The third-order valence-corrected chi connectivity index (χ3v) is 19.8. The van der Waals surface area contributed by atoms with Crippen molar-refractivity contribution >= 4 is 65.6 Å². The molecule has 1 saturated heterocycles. The minimum absolute atomic E-state index is 0.0142. The van der Waals surface area contributed by atoms with Crippen LogP contribution in [0.25, 0.3) is 30.4 Å². The molecule has 1 aliphatic heterocycles. The second-order valence-electron chi connectivity index (χ2n) is 34.2. The van der Waals surface area contributed by atoms with Gasteiger partial charge in [0.2, 0.25) is 23.6 Å². The molecule has 11 nitrogen and oxygen atoms in total. The molecule has 5 amide bonds. The number of aliphatic hydroxyl groups is 1. The van der Waals surface area contributed by atoms with Crippen molar-refractivity contribution in [1.82, 2.24) is 20.4 Å². The highest BCUT2D eigenvalue weighted by molar-refractivity contribution is 6.08. The number of rotatable bonds is 10. The molecule has 0 saturated carbocycles. The minimum atomic E-state index is -0.552. The van der Waals surface area contributed by atoms with Gasteiger partial charge in [0.1, 0.15) is 0 Å². The van der Waals surface area contributed by atoms with Crippen LogP contribution in [-0.4, -0.2) is 89.8 Å². The Morgan fingerprint density at radius 1 is 0.436 bits per heavy atom. The number of carbonyl (C=O) groups excluding carboxylic acids is 5. The fraction of sp³-hybridized carbons (Fsp3) is 0.433. The standard InChI is InChI=1S/C20H21NO.C19H27NO2.C18H23NO.C17H23NO.C16H21NO/c1-20(2,3)17-10-9-14-11-16(12-15(14)13-17)19(22)21-18-7-5-4-6-8-18;1-6-19(5,12-21)20-17(22)15-9-13-7-8-16(18(2,3)4)11-14(13)10-15;1-18(2,3)16-7-6-13-10-15(11-14(13)12-16)17(20)19-8-4-5-9-19;1-11(2)18-16(19)14-8-12-6-7-15(17(3,4)5)10-13(12)9-14;1-16(2,3)14-7-6-11-8-13(9-12(11)10-14)15(18)17(4)5/h4-10,12-13H,11H2,1-3H3,(H,21,22);7-8,10-11,21H,6,9,12H2,1-5H3,(H,20,22);6-7,11-12H,4-5,8-10H2,1-3H3;6-7,9-11H,8H2,1-5H3,(H,18,19);6-7,9-10H,8H2,1-5H3. The molecule has 6 aromatic rings. The monoisotopic (exact) mass is 1360 g/mol. The summed E-state index contributed by atoms with van der Waals surface area (Å²) in [7, 11) is 3.60. The van der Waals surface area contributed by atoms with Crippen LogP contribution in [0.5, 0.6) is 0 Å². The van der Waals surface area contributed by atoms with Crippen LogP contribution in [0.15, 0.2) is 149 Å². The molecule has 0 spiro atoms. The van der Waals surface area contributed by atoms with Gasteiger partial charge in [-0.15, -0.1) is 0 Å². The molecule has 1 atom stereocenters. The van der Waals surface area contributed by atoms with Crippen LogP contribution < -0.4 is 16.0 Å². The third-order valence-electron chi connectivity index (χ3n) is 19.8. The quantitative estimate of drug-likeness (QED) is 0.107. The number of aliphatic hydroxyl groups excluding tert-OH is 1. The first-order chi connectivity index (χ1) is 47.1. The van der Waals surface area contributed by atoms with Crippen molar-refractivity contribution < 1.29 is 29.1 Å². The molecule has 0 aromatic heterocycles. The number of nitrogens with one attached hydrogen (secondary N) is 3. The average molecular weight is 1360 g/mol. The predicted molar refractivity (Wildman–Crippen MR) is 421 cm³/mol. The number of nitrogens with zero attached hydrogens (tertiary/aromatic N) is 2. The lowest BCUT2D eigenvalue weighted by Crippen LogP contribution is -2.48. The Kier molecular flexibility index (Phi) is 24.5. The fourth-order valence-corrected chi connectivity index (χ4v) is 12.8. The van der Waals surface area contributed by atoms with Crippen LogP contribution in [0.4, 0.5) is 5.69 Å². The predicted octanol–water partition coefficient (Wildman–Crippen LogP) is 17.8. The Balaban J connectivity index is 0.000000161. The summed E-state index contributed by atoms with van der Waals surface area (Å²) in [6.07, 6.45) is 16.8. The zero-order valence-electron chi connectivity index (χ0n) is 64.7. The summed E-state index contributed by atoms with van der Waals surface area (Å²) in [6, 6.07) is 42.5. The van der Waals surface area contributed by atoms with Crippen LogP contribution in [0.2, 0.25) is 0 Å². The molecular formula is C90H115N5O6. The first kappa shape index (κ1) is 78.1. The average Bonchev–Trinajstić information content (AvgIpc) is 1.79. The molecule has 536 valence electrons. The van der Waals surface area contributed by atoms with Crippen molar-refractivity contribution in [3.8, 4) is 0 Å². The van der Waals surface area contributed by atoms with E-state index in [9.17, 15) is 29.1 Å². The van der Waals surface area contributed by atoms with Gasteiger partial charge in [-0.1, -0.05) is 220 Å². The van der Waals surface area contributed by atoms with Crippen molar-refractivity contribution in [3.05, 3.63) is 233 Å². The summed E-state index contributed by atoms with van der Waals surface area (Å²) < 4.78 is 0. The third kappa shape index (κ3) is 20.5. The molecule has 1 heterocycles. The van der Waals surface area contributed by atoms with Crippen LogP contribution in [0.1, 0.15) is 234 Å². The van der Waals surface area contributed by atoms with Gasteiger partial charge in [-0.25, -0.2) is 0 Å². The molecule has 12 rings (SSSR count). The second kappa shape index (κ2) is 31.7. The maximum Gasteiger partial charge on any atom is 0.251 e. The zero-order valence-corrected chi connectivity index (χ0v) is 64.7. The van der Waals surface area contributed by atoms with E-state index < -0.39 is 5.54 Å². The molecule has 101 heavy (non-hydrogen) atoms. The van der Waals surface area contributed by atoms with Crippen molar-refractivity contribution in [2.45, 2.75) is 222 Å². The number of carbonyl (C=O) groups is 5. The number of hydrogen-bond donors (Lipinski definition) is 4. The van der Waals surface area contributed by atoms with Crippen molar-refractivity contribution in [2.75, 3.05) is 39.1 Å². The molecule has 4 N–H and O–H groups in total. The summed E-state index contributed by atoms with van der Waals surface area (Å²) >= 11 is 0. The second-order valence-corrected chi connectivity index (χ2v) is 34.2. The molecule has 6 aliphatic rings. The molecule has 1 unspecified atom stereocenters. The topological polar surface area (TPSA) is 148 Å². The van der Waals surface area contributed by atoms with Gasteiger partial charge in [-0.2, -0.15) is 0 Å². The Morgan fingerprint density at radius 3 is 1.08 bits per heavy atom. The fourth-order valence-electron chi connectivity index (χ4n) is 12.8. The summed E-state index contributed by atoms with van der Waals surface area (Å²) in [5, 5.41) is 18.3. The van der Waals surface area contributed by atoms with Gasteiger partial charge in [0.05, 0.1) is 12.1 Å². The van der Waals surface area contributed by atoms with E-state index >= 15 is 0 Å². The van der Waals surface area contributed by atoms with Crippen LogP contribution in [0.3, 0.4) is 0 Å². The largest absolute Gasteiger partial charge is 0.394 e. The summed E-state index contributed by atoms with van der Waals surface area (Å²) in [5.41, 5.74) is 24.0. The smallest absolute Gasteiger partial charge is 0.251 e. The Labute approximate surface area is 605 Å². The van der Waals surface area contributed by atoms with Crippen molar-refractivity contribution in [2.24, 2.45) is 0 Å². The molecule has 0 bridgehead atoms. The first-order valence-electron chi connectivity index (χ1n) is 36.4.